The van der Waals surface area contributed by atoms with Gasteiger partial charge in [0.1, 0.15) is 5.69 Å². The van der Waals surface area contributed by atoms with Crippen molar-refractivity contribution in [2.45, 2.75) is 92.5 Å². The molecule has 7 nitrogen and oxygen atoms in total. The fourth-order valence-corrected chi connectivity index (χ4v) is 4.94. The van der Waals surface area contributed by atoms with Crippen LogP contribution in [-0.4, -0.2) is 32.9 Å². The van der Waals surface area contributed by atoms with Crippen LogP contribution in [-0.2, 0) is 10.3 Å². The quantitative estimate of drug-likeness (QED) is 0.274. The van der Waals surface area contributed by atoms with Crippen molar-refractivity contribution in [3.8, 4) is 11.4 Å². The van der Waals surface area contributed by atoms with E-state index in [1.54, 1.807) is 12.3 Å². The lowest BCUT2D eigenvalue weighted by molar-refractivity contribution is -0.115. The Kier molecular flexibility index (Phi) is 10.5. The summed E-state index contributed by atoms with van der Waals surface area (Å²) in [5.41, 5.74) is 3.60. The van der Waals surface area contributed by atoms with E-state index >= 15 is 0 Å². The van der Waals surface area contributed by atoms with Crippen LogP contribution in [0.3, 0.4) is 0 Å². The van der Waals surface area contributed by atoms with Crippen molar-refractivity contribution in [2.75, 3.05) is 11.9 Å². The summed E-state index contributed by atoms with van der Waals surface area (Å²) in [6.07, 6.45) is 12.4. The lowest BCUT2D eigenvalue weighted by Crippen LogP contribution is -2.32. The molecule has 2 N–H and O–H groups in total. The molecule has 0 saturated heterocycles. The third-order valence-corrected chi connectivity index (χ3v) is 8.37. The molecule has 1 atom stereocenters. The number of carbonyl (C=O) groups is 2. The van der Waals surface area contributed by atoms with Gasteiger partial charge in [0.15, 0.2) is 5.13 Å². The largest absolute Gasteiger partial charge is 0.348 e. The second kappa shape index (κ2) is 13.4. The van der Waals surface area contributed by atoms with E-state index in [9.17, 15) is 9.59 Å². The average Bonchev–Trinajstić information content (AvgIpc) is 3.27. The smallest absolute Gasteiger partial charge is 0.253 e. The van der Waals surface area contributed by atoms with Crippen molar-refractivity contribution in [2.24, 2.45) is 11.3 Å². The zero-order valence-electron chi connectivity index (χ0n) is 24.6. The SMILES string of the molecule is CCC(C)CCC1(CC)CC1.Cc1cccc(-c2csc(NC(=O)CNC(=O)c3ccn(C(C)(C)C)c3)n2)n1. The summed E-state index contributed by atoms with van der Waals surface area (Å²) >= 11 is 1.32. The van der Waals surface area contributed by atoms with Gasteiger partial charge in [-0.1, -0.05) is 46.1 Å². The van der Waals surface area contributed by atoms with Crippen molar-refractivity contribution in [3.05, 3.63) is 53.3 Å². The highest BCUT2D eigenvalue weighted by Crippen LogP contribution is 2.52. The van der Waals surface area contributed by atoms with Gasteiger partial charge in [0.2, 0.25) is 5.91 Å². The van der Waals surface area contributed by atoms with E-state index < -0.39 is 0 Å². The molecule has 0 aromatic carbocycles. The van der Waals surface area contributed by atoms with Crippen LogP contribution in [0.15, 0.2) is 42.0 Å². The molecular weight excluding hydrogens is 506 g/mol. The number of hydrogen-bond donors (Lipinski definition) is 2. The van der Waals surface area contributed by atoms with Crippen molar-refractivity contribution in [3.63, 3.8) is 0 Å². The van der Waals surface area contributed by atoms with Crippen molar-refractivity contribution in [1.82, 2.24) is 19.9 Å². The monoisotopic (exact) mass is 551 g/mol. The number of anilines is 1. The van der Waals surface area contributed by atoms with Crippen LogP contribution in [0.2, 0.25) is 0 Å². The Hall–Kier alpha value is -3.00. The molecule has 1 saturated carbocycles. The van der Waals surface area contributed by atoms with Gasteiger partial charge in [-0.2, -0.15) is 0 Å². The number of amides is 2. The first-order valence-electron chi connectivity index (χ1n) is 14.1. The second-order valence-electron chi connectivity index (χ2n) is 11.8. The number of aryl methyl sites for hydroxylation is 1. The van der Waals surface area contributed by atoms with Gasteiger partial charge in [-0.25, -0.2) is 4.98 Å². The molecule has 3 aromatic rings. The Labute approximate surface area is 237 Å². The van der Waals surface area contributed by atoms with Crippen molar-refractivity contribution >= 4 is 28.3 Å². The Bertz CT molecular complexity index is 1240. The van der Waals surface area contributed by atoms with Crippen LogP contribution in [0.1, 0.15) is 96.1 Å². The van der Waals surface area contributed by atoms with E-state index in [0.29, 0.717) is 16.4 Å². The Morgan fingerprint density at radius 2 is 1.87 bits per heavy atom. The lowest BCUT2D eigenvalue weighted by atomic mass is 9.91. The minimum absolute atomic E-state index is 0.107. The van der Waals surface area contributed by atoms with Gasteiger partial charge in [-0.05, 0) is 76.5 Å². The number of hydrogen-bond acceptors (Lipinski definition) is 5. The van der Waals surface area contributed by atoms with E-state index in [1.165, 1.54) is 49.9 Å². The third-order valence-electron chi connectivity index (χ3n) is 7.61. The molecule has 1 fully saturated rings. The van der Waals surface area contributed by atoms with Crippen LogP contribution in [0, 0.1) is 18.3 Å². The summed E-state index contributed by atoms with van der Waals surface area (Å²) < 4.78 is 1.96. The van der Waals surface area contributed by atoms with Crippen LogP contribution in [0.25, 0.3) is 11.4 Å². The van der Waals surface area contributed by atoms with Crippen LogP contribution < -0.4 is 10.6 Å². The molecule has 0 bridgehead atoms. The van der Waals surface area contributed by atoms with Gasteiger partial charge in [0.05, 0.1) is 17.8 Å². The molecule has 1 aliphatic rings. The Balaban J connectivity index is 0.000000320. The molecule has 39 heavy (non-hydrogen) atoms. The van der Waals surface area contributed by atoms with E-state index in [1.807, 2.05) is 41.3 Å². The average molecular weight is 552 g/mol. The molecule has 0 spiro atoms. The van der Waals surface area contributed by atoms with E-state index in [4.69, 9.17) is 0 Å². The number of thiazole rings is 1. The fourth-order valence-electron chi connectivity index (χ4n) is 4.22. The first kappa shape index (κ1) is 30.5. The normalized spacial score (nSPS) is 14.6. The van der Waals surface area contributed by atoms with Gasteiger partial charge < -0.3 is 15.2 Å². The molecule has 0 aliphatic heterocycles. The molecule has 0 radical (unpaired) electrons. The number of carbonyl (C=O) groups excluding carboxylic acids is 2. The number of nitrogens with zero attached hydrogens (tertiary/aromatic N) is 3. The highest BCUT2D eigenvalue weighted by atomic mass is 32.1. The predicted octanol–water partition coefficient (Wildman–Crippen LogP) is 7.44. The highest BCUT2D eigenvalue weighted by molar-refractivity contribution is 7.14. The molecule has 3 heterocycles. The number of rotatable bonds is 10. The standard InChI is InChI=1S/C20H23N5O2S.C11H22/c1-13-6-5-7-15(22-13)16-12-28-19(23-16)24-17(26)10-21-18(27)14-8-9-25(11-14)20(2,3)4;1-4-10(3)6-7-11(5-2)8-9-11/h5-9,11-12H,10H2,1-4H3,(H,21,27)(H,23,24,26);10H,4-9H2,1-3H3. The first-order valence-corrected chi connectivity index (χ1v) is 15.0. The number of aromatic nitrogens is 3. The third kappa shape index (κ3) is 9.31. The predicted molar refractivity (Wildman–Crippen MR) is 161 cm³/mol. The van der Waals surface area contributed by atoms with Crippen LogP contribution in [0.4, 0.5) is 5.13 Å². The maximum absolute atomic E-state index is 12.2. The van der Waals surface area contributed by atoms with Gasteiger partial charge in [0, 0.05) is 29.0 Å². The molecular formula is C31H45N5O2S. The summed E-state index contributed by atoms with van der Waals surface area (Å²) in [6.45, 7) is 15.0. The topological polar surface area (TPSA) is 88.9 Å². The maximum atomic E-state index is 12.2. The van der Waals surface area contributed by atoms with Crippen LogP contribution >= 0.6 is 11.3 Å². The number of pyridine rings is 1. The molecule has 212 valence electrons. The molecule has 1 unspecified atom stereocenters. The van der Waals surface area contributed by atoms with Crippen molar-refractivity contribution < 1.29 is 9.59 Å². The first-order chi connectivity index (χ1) is 18.4. The molecule has 8 heteroatoms. The van der Waals surface area contributed by atoms with Gasteiger partial charge >= 0.3 is 0 Å². The summed E-state index contributed by atoms with van der Waals surface area (Å²) in [5, 5.41) is 7.64. The maximum Gasteiger partial charge on any atom is 0.253 e. The minimum atomic E-state index is -0.332. The summed E-state index contributed by atoms with van der Waals surface area (Å²) in [7, 11) is 0. The fraction of sp³-hybridized carbons (Fsp3) is 0.548. The van der Waals surface area contributed by atoms with E-state index in [-0.39, 0.29) is 23.9 Å². The van der Waals surface area contributed by atoms with E-state index in [0.717, 1.165) is 22.7 Å². The van der Waals surface area contributed by atoms with E-state index in [2.05, 4.69) is 62.1 Å². The number of nitrogens with one attached hydrogen (secondary N) is 2. The molecule has 4 rings (SSSR count). The summed E-state index contributed by atoms with van der Waals surface area (Å²) in [4.78, 5) is 33.2. The summed E-state index contributed by atoms with van der Waals surface area (Å²) in [6, 6.07) is 7.44. The Morgan fingerprint density at radius 3 is 2.46 bits per heavy atom. The van der Waals surface area contributed by atoms with Gasteiger partial charge in [0.25, 0.3) is 5.91 Å². The highest BCUT2D eigenvalue weighted by Gasteiger charge is 2.39. The zero-order chi connectivity index (χ0) is 28.6. The zero-order valence-corrected chi connectivity index (χ0v) is 25.5. The molecule has 3 aromatic heterocycles. The van der Waals surface area contributed by atoms with Gasteiger partial charge in [-0.3, -0.25) is 14.6 Å². The van der Waals surface area contributed by atoms with Crippen LogP contribution in [0.5, 0.6) is 0 Å². The Morgan fingerprint density at radius 1 is 1.13 bits per heavy atom. The van der Waals surface area contributed by atoms with Crippen molar-refractivity contribution in [1.29, 1.82) is 0 Å². The summed E-state index contributed by atoms with van der Waals surface area (Å²) in [5.74, 6) is 0.336. The van der Waals surface area contributed by atoms with Gasteiger partial charge in [-0.15, -0.1) is 11.3 Å². The molecule has 2 amide bonds. The minimum Gasteiger partial charge on any atom is -0.348 e. The molecule has 1 aliphatic carbocycles. The lowest BCUT2D eigenvalue weighted by Gasteiger charge is -2.20. The second-order valence-corrected chi connectivity index (χ2v) is 12.7.